The number of nitrogens with zero attached hydrogens (tertiary/aromatic N) is 3. The maximum Gasteiger partial charge on any atom is 0.240 e. The number of benzene rings is 2. The highest BCUT2D eigenvalue weighted by atomic mass is 19.1. The molecule has 4 rings (SSSR count). The number of nitrogen functional groups attached to an aromatic ring is 1. The van der Waals surface area contributed by atoms with E-state index >= 15 is 0 Å². The molecule has 1 aromatic heterocycles. The average Bonchev–Trinajstić information content (AvgIpc) is 3.69. The van der Waals surface area contributed by atoms with Crippen molar-refractivity contribution < 1.29 is 27.9 Å². The van der Waals surface area contributed by atoms with E-state index in [9.17, 15) is 18.4 Å². The van der Waals surface area contributed by atoms with Gasteiger partial charge in [-0.3, -0.25) is 9.59 Å². The van der Waals surface area contributed by atoms with Gasteiger partial charge in [0.15, 0.2) is 18.2 Å². The van der Waals surface area contributed by atoms with Crippen LogP contribution in [-0.2, 0) is 14.4 Å². The highest BCUT2D eigenvalue weighted by Gasteiger charge is 2.56. The van der Waals surface area contributed by atoms with E-state index in [-0.39, 0.29) is 35.3 Å². The molecule has 0 spiro atoms. The summed E-state index contributed by atoms with van der Waals surface area (Å²) in [5.41, 5.74) is 5.14. The van der Waals surface area contributed by atoms with Crippen molar-refractivity contribution in [2.24, 2.45) is 10.6 Å². The van der Waals surface area contributed by atoms with Crippen molar-refractivity contribution in [3.63, 3.8) is 0 Å². The maximum absolute atomic E-state index is 14.8. The summed E-state index contributed by atoms with van der Waals surface area (Å²) in [4.78, 5) is 38.1. The van der Waals surface area contributed by atoms with Crippen LogP contribution in [0.25, 0.3) is 0 Å². The number of amides is 2. The van der Waals surface area contributed by atoms with E-state index in [4.69, 9.17) is 21.7 Å². The number of anilines is 3. The largest absolute Gasteiger partial charge is 0.435 e. The Hall–Kier alpha value is -5.05. The molecule has 0 aliphatic heterocycles. The number of rotatable bonds is 9. The van der Waals surface area contributed by atoms with Crippen molar-refractivity contribution in [3.8, 4) is 24.0 Å². The predicted molar refractivity (Wildman–Crippen MR) is 131 cm³/mol. The first-order valence-electron chi connectivity index (χ1n) is 10.9. The molecule has 188 valence electrons. The quantitative estimate of drug-likeness (QED) is 0.133. The molecule has 1 heterocycles. The molecule has 0 unspecified atom stereocenters. The lowest BCUT2D eigenvalue weighted by atomic mass is 10.0. The van der Waals surface area contributed by atoms with Crippen LogP contribution in [0.3, 0.4) is 0 Å². The average molecular weight is 506 g/mol. The number of halogens is 2. The molecule has 3 aromatic rings. The van der Waals surface area contributed by atoms with Crippen LogP contribution in [0, 0.1) is 29.4 Å². The Balaban J connectivity index is 1.44. The Kier molecular flexibility index (Phi) is 7.24. The summed E-state index contributed by atoms with van der Waals surface area (Å²) in [5, 5.41) is 8.80. The summed E-state index contributed by atoms with van der Waals surface area (Å²) in [6.07, 6.45) is 8.03. The molecule has 2 amide bonds. The van der Waals surface area contributed by atoms with Crippen molar-refractivity contribution in [3.05, 3.63) is 66.0 Å². The molecule has 1 fully saturated rings. The van der Waals surface area contributed by atoms with Crippen molar-refractivity contribution in [2.45, 2.75) is 12.8 Å². The van der Waals surface area contributed by atoms with Crippen LogP contribution >= 0.6 is 0 Å². The summed E-state index contributed by atoms with van der Waals surface area (Å²) in [7, 11) is 0. The van der Waals surface area contributed by atoms with E-state index in [2.05, 4.69) is 31.7 Å². The third kappa shape index (κ3) is 5.79. The van der Waals surface area contributed by atoms with Gasteiger partial charge < -0.3 is 25.9 Å². The topological polar surface area (TPSA) is 141 Å². The van der Waals surface area contributed by atoms with Crippen LogP contribution in [-0.4, -0.2) is 34.6 Å². The number of oxime groups is 1. The minimum absolute atomic E-state index is 0.0102. The zero-order valence-corrected chi connectivity index (χ0v) is 19.2. The number of ether oxygens (including phenoxy) is 1. The van der Waals surface area contributed by atoms with E-state index in [0.717, 1.165) is 12.4 Å². The van der Waals surface area contributed by atoms with Gasteiger partial charge in [-0.05, 0) is 49.2 Å². The second kappa shape index (κ2) is 10.7. The number of aromatic nitrogens is 2. The molecular formula is C25H20F2N6O4. The minimum atomic E-state index is -1.30. The SMILES string of the molecule is C#CCO/N=C/c1c(N)ncnc1Oc1ccc(NC(=O)C2(C(=O)Nc3ccc(F)cc3)CC2)cc1F. The number of nitrogens with two attached hydrogens (primary N) is 1. The Labute approximate surface area is 209 Å². The van der Waals surface area contributed by atoms with Gasteiger partial charge in [0.2, 0.25) is 17.7 Å². The summed E-state index contributed by atoms with van der Waals surface area (Å²) in [6.45, 7) is -0.0721. The highest BCUT2D eigenvalue weighted by molar-refractivity contribution is 6.16. The Bertz CT molecular complexity index is 1400. The van der Waals surface area contributed by atoms with Gasteiger partial charge in [-0.2, -0.15) is 0 Å². The molecule has 0 bridgehead atoms. The number of hydrogen-bond donors (Lipinski definition) is 3. The van der Waals surface area contributed by atoms with Gasteiger partial charge in [-0.25, -0.2) is 18.7 Å². The van der Waals surface area contributed by atoms with E-state index in [0.29, 0.717) is 18.5 Å². The molecule has 12 heteroatoms. The summed E-state index contributed by atoms with van der Waals surface area (Å²) in [5.74, 6) is -0.448. The molecule has 1 aliphatic carbocycles. The van der Waals surface area contributed by atoms with Crippen LogP contribution in [0.15, 0.2) is 53.9 Å². The van der Waals surface area contributed by atoms with Crippen LogP contribution < -0.4 is 21.1 Å². The lowest BCUT2D eigenvalue weighted by molar-refractivity contribution is -0.131. The lowest BCUT2D eigenvalue weighted by Gasteiger charge is -2.16. The Morgan fingerprint density at radius 3 is 2.43 bits per heavy atom. The molecule has 2 aromatic carbocycles. The smallest absolute Gasteiger partial charge is 0.240 e. The normalized spacial score (nSPS) is 13.4. The van der Waals surface area contributed by atoms with Crippen LogP contribution in [0.5, 0.6) is 11.6 Å². The third-order valence-corrected chi connectivity index (χ3v) is 5.40. The molecule has 10 nitrogen and oxygen atoms in total. The predicted octanol–water partition coefficient (Wildman–Crippen LogP) is 3.47. The van der Waals surface area contributed by atoms with Crippen molar-refractivity contribution in [1.82, 2.24) is 9.97 Å². The van der Waals surface area contributed by atoms with Crippen molar-refractivity contribution in [2.75, 3.05) is 23.0 Å². The van der Waals surface area contributed by atoms with Gasteiger partial charge in [-0.15, -0.1) is 6.42 Å². The van der Waals surface area contributed by atoms with Crippen LogP contribution in [0.2, 0.25) is 0 Å². The Morgan fingerprint density at radius 2 is 1.78 bits per heavy atom. The van der Waals surface area contributed by atoms with E-state index < -0.39 is 28.9 Å². The summed E-state index contributed by atoms with van der Waals surface area (Å²) in [6, 6.07) is 8.89. The highest BCUT2D eigenvalue weighted by Crippen LogP contribution is 2.47. The molecule has 4 N–H and O–H groups in total. The number of terminal acetylenes is 1. The Morgan fingerprint density at radius 1 is 1.11 bits per heavy atom. The number of nitrogens with one attached hydrogen (secondary N) is 2. The molecular weight excluding hydrogens is 486 g/mol. The van der Waals surface area contributed by atoms with E-state index in [1.807, 2.05) is 0 Å². The number of hydrogen-bond acceptors (Lipinski definition) is 8. The zero-order valence-electron chi connectivity index (χ0n) is 19.2. The van der Waals surface area contributed by atoms with Gasteiger partial charge in [0.1, 0.15) is 28.9 Å². The fourth-order valence-electron chi connectivity index (χ4n) is 3.24. The van der Waals surface area contributed by atoms with Crippen LogP contribution in [0.1, 0.15) is 18.4 Å². The number of carbonyl (C=O) groups is 2. The van der Waals surface area contributed by atoms with Gasteiger partial charge in [0, 0.05) is 17.4 Å². The first-order chi connectivity index (χ1) is 17.8. The van der Waals surface area contributed by atoms with Crippen LogP contribution in [0.4, 0.5) is 26.0 Å². The fraction of sp³-hybridized carbons (Fsp3) is 0.160. The summed E-state index contributed by atoms with van der Waals surface area (Å²) < 4.78 is 33.4. The first kappa shape index (κ1) is 25.1. The van der Waals surface area contributed by atoms with E-state index in [1.54, 1.807) is 0 Å². The number of carbonyl (C=O) groups excluding carboxylic acids is 2. The second-order valence-electron chi connectivity index (χ2n) is 7.93. The standard InChI is InChI=1S/C25H20F2N6O4/c1-2-11-36-31-13-18-21(28)29-14-30-22(18)37-20-8-7-17(12-19(20)27)33-24(35)25(9-10-25)23(34)32-16-5-3-15(26)4-6-16/h1,3-8,12-14H,9-11H2,(H,32,34)(H,33,35)(H2,28,29,30)/b31-13+. The minimum Gasteiger partial charge on any atom is -0.435 e. The van der Waals surface area contributed by atoms with Crippen molar-refractivity contribution >= 4 is 35.2 Å². The molecule has 0 radical (unpaired) electrons. The maximum atomic E-state index is 14.8. The molecule has 1 aliphatic rings. The molecule has 0 atom stereocenters. The van der Waals surface area contributed by atoms with Gasteiger partial charge >= 0.3 is 0 Å². The second-order valence-corrected chi connectivity index (χ2v) is 7.93. The van der Waals surface area contributed by atoms with Gasteiger partial charge in [-0.1, -0.05) is 11.1 Å². The van der Waals surface area contributed by atoms with Crippen molar-refractivity contribution in [1.29, 1.82) is 0 Å². The van der Waals surface area contributed by atoms with E-state index in [1.165, 1.54) is 42.6 Å². The van der Waals surface area contributed by atoms with Gasteiger partial charge in [0.05, 0.1) is 6.21 Å². The molecule has 1 saturated carbocycles. The molecule has 37 heavy (non-hydrogen) atoms. The first-order valence-corrected chi connectivity index (χ1v) is 10.9. The zero-order chi connectivity index (χ0) is 26.4. The lowest BCUT2D eigenvalue weighted by Crippen LogP contribution is -2.35. The monoisotopic (exact) mass is 506 g/mol. The molecule has 0 saturated heterocycles. The third-order valence-electron chi connectivity index (χ3n) is 5.40. The van der Waals surface area contributed by atoms with Gasteiger partial charge in [0.25, 0.3) is 0 Å². The summed E-state index contributed by atoms with van der Waals surface area (Å²) >= 11 is 0. The fourth-order valence-corrected chi connectivity index (χ4v) is 3.24.